The Kier molecular flexibility index (Phi) is 7.14. The summed E-state index contributed by atoms with van der Waals surface area (Å²) in [6.45, 7) is 4.22. The molecule has 0 saturated heterocycles. The van der Waals surface area contributed by atoms with Crippen LogP contribution >= 0.6 is 23.4 Å². The molecule has 0 fully saturated rings. The highest BCUT2D eigenvalue weighted by molar-refractivity contribution is 7.99. The smallest absolute Gasteiger partial charge is 0.266 e. The lowest BCUT2D eigenvalue weighted by atomic mass is 9.98. The standard InChI is InChI=1S/C22H21ClN4O2S/c1-3-14(2)15-4-7-17(8-5-15)27-21(29)18-12-16(23)6-9-19(18)26-22(27)30-13-20(28)25-11-10-24/h4-9,12,14H,3,11,13H2,1-2H3,(H,25,28). The van der Waals surface area contributed by atoms with Gasteiger partial charge in [-0.15, -0.1) is 0 Å². The molecule has 1 aromatic heterocycles. The molecule has 0 radical (unpaired) electrons. The molecule has 3 aromatic rings. The summed E-state index contributed by atoms with van der Waals surface area (Å²) in [7, 11) is 0. The van der Waals surface area contributed by atoms with Crippen molar-refractivity contribution in [1.82, 2.24) is 14.9 Å². The van der Waals surface area contributed by atoms with E-state index in [1.54, 1.807) is 18.2 Å². The Bertz CT molecular complexity index is 1170. The van der Waals surface area contributed by atoms with Gasteiger partial charge in [0.1, 0.15) is 6.54 Å². The first-order chi connectivity index (χ1) is 14.4. The SMILES string of the molecule is CCC(C)c1ccc(-n2c(SCC(=O)NCC#N)nc3ccc(Cl)cc3c2=O)cc1. The van der Waals surface area contributed by atoms with Crippen LogP contribution in [0.3, 0.4) is 0 Å². The van der Waals surface area contributed by atoms with Crippen LogP contribution in [-0.4, -0.2) is 27.8 Å². The molecule has 0 aliphatic carbocycles. The maximum atomic E-state index is 13.3. The minimum absolute atomic E-state index is 0.0398. The second-order valence-corrected chi connectivity index (χ2v) is 8.20. The molecular formula is C22H21ClN4O2S. The number of nitrogens with zero attached hydrogens (tertiary/aromatic N) is 3. The molecule has 8 heteroatoms. The highest BCUT2D eigenvalue weighted by atomic mass is 35.5. The van der Waals surface area contributed by atoms with E-state index in [2.05, 4.69) is 24.1 Å². The maximum Gasteiger partial charge on any atom is 0.266 e. The fraction of sp³-hybridized carbons (Fsp3) is 0.273. The number of hydrogen-bond acceptors (Lipinski definition) is 5. The molecule has 1 heterocycles. The molecule has 30 heavy (non-hydrogen) atoms. The van der Waals surface area contributed by atoms with Gasteiger partial charge in [0.05, 0.1) is 28.4 Å². The Morgan fingerprint density at radius 2 is 2.03 bits per heavy atom. The van der Waals surface area contributed by atoms with Gasteiger partial charge in [0.2, 0.25) is 5.91 Å². The quantitative estimate of drug-likeness (QED) is 0.336. The third-order valence-electron chi connectivity index (χ3n) is 4.83. The number of rotatable bonds is 7. The number of nitrogens with one attached hydrogen (secondary N) is 1. The molecule has 0 spiro atoms. The molecule has 1 N–H and O–H groups in total. The predicted molar refractivity (Wildman–Crippen MR) is 120 cm³/mol. The Balaban J connectivity index is 2.07. The van der Waals surface area contributed by atoms with Gasteiger partial charge in [-0.1, -0.05) is 49.3 Å². The molecule has 6 nitrogen and oxygen atoms in total. The minimum atomic E-state index is -0.300. The fourth-order valence-electron chi connectivity index (χ4n) is 2.97. The topological polar surface area (TPSA) is 87.8 Å². The van der Waals surface area contributed by atoms with E-state index in [9.17, 15) is 9.59 Å². The van der Waals surface area contributed by atoms with E-state index in [0.29, 0.717) is 32.7 Å². The minimum Gasteiger partial charge on any atom is -0.342 e. The Morgan fingerprint density at radius 3 is 2.70 bits per heavy atom. The number of aromatic nitrogens is 2. The molecule has 0 bridgehead atoms. The van der Waals surface area contributed by atoms with Gasteiger partial charge in [0.25, 0.3) is 5.56 Å². The van der Waals surface area contributed by atoms with Crippen LogP contribution in [0.5, 0.6) is 0 Å². The molecule has 1 atom stereocenters. The fourth-order valence-corrected chi connectivity index (χ4v) is 3.98. The number of carbonyl (C=O) groups excluding carboxylic acids is 1. The number of nitriles is 1. The van der Waals surface area contributed by atoms with E-state index in [1.807, 2.05) is 30.3 Å². The second-order valence-electron chi connectivity index (χ2n) is 6.82. The summed E-state index contributed by atoms with van der Waals surface area (Å²) in [5.41, 5.74) is 2.12. The first-order valence-electron chi connectivity index (χ1n) is 9.53. The van der Waals surface area contributed by atoms with Gasteiger partial charge in [0, 0.05) is 5.02 Å². The first kappa shape index (κ1) is 21.9. The predicted octanol–water partition coefficient (Wildman–Crippen LogP) is 4.28. The number of fused-ring (bicyclic) bond motifs is 1. The zero-order valence-electron chi connectivity index (χ0n) is 16.7. The molecular weight excluding hydrogens is 420 g/mol. The molecule has 2 aromatic carbocycles. The molecule has 0 aliphatic heterocycles. The lowest BCUT2D eigenvalue weighted by molar-refractivity contribution is -0.118. The van der Waals surface area contributed by atoms with Crippen LogP contribution in [0.1, 0.15) is 31.7 Å². The number of thioether (sulfide) groups is 1. The largest absolute Gasteiger partial charge is 0.342 e. The van der Waals surface area contributed by atoms with Crippen LogP contribution in [0.15, 0.2) is 52.4 Å². The van der Waals surface area contributed by atoms with Gasteiger partial charge in [0.15, 0.2) is 5.16 Å². The summed E-state index contributed by atoms with van der Waals surface area (Å²) in [5, 5.41) is 12.4. The van der Waals surface area contributed by atoms with Crippen LogP contribution in [0, 0.1) is 11.3 Å². The van der Waals surface area contributed by atoms with Crippen molar-refractivity contribution in [2.45, 2.75) is 31.3 Å². The van der Waals surface area contributed by atoms with E-state index < -0.39 is 0 Å². The average Bonchev–Trinajstić information content (AvgIpc) is 2.76. The zero-order valence-corrected chi connectivity index (χ0v) is 18.3. The zero-order chi connectivity index (χ0) is 21.7. The number of carbonyl (C=O) groups is 1. The second kappa shape index (κ2) is 9.79. The highest BCUT2D eigenvalue weighted by Gasteiger charge is 2.15. The molecule has 1 unspecified atom stereocenters. The number of hydrogen-bond donors (Lipinski definition) is 1. The monoisotopic (exact) mass is 440 g/mol. The van der Waals surface area contributed by atoms with Crippen molar-refractivity contribution >= 4 is 40.2 Å². The number of benzene rings is 2. The van der Waals surface area contributed by atoms with Gasteiger partial charge in [-0.3, -0.25) is 14.2 Å². The third-order valence-corrected chi connectivity index (χ3v) is 6.00. The molecule has 154 valence electrons. The van der Waals surface area contributed by atoms with Crippen molar-refractivity contribution in [3.05, 3.63) is 63.4 Å². The van der Waals surface area contributed by atoms with Gasteiger partial charge < -0.3 is 5.32 Å². The summed E-state index contributed by atoms with van der Waals surface area (Å²) in [6, 6.07) is 14.6. The summed E-state index contributed by atoms with van der Waals surface area (Å²) in [4.78, 5) is 29.9. The average molecular weight is 441 g/mol. The summed E-state index contributed by atoms with van der Waals surface area (Å²) < 4.78 is 1.50. The van der Waals surface area contributed by atoms with Crippen molar-refractivity contribution in [2.24, 2.45) is 0 Å². The van der Waals surface area contributed by atoms with E-state index in [1.165, 1.54) is 10.1 Å². The third kappa shape index (κ3) is 4.84. The molecule has 0 saturated carbocycles. The van der Waals surface area contributed by atoms with Crippen LogP contribution < -0.4 is 10.9 Å². The van der Waals surface area contributed by atoms with Crippen molar-refractivity contribution < 1.29 is 4.79 Å². The van der Waals surface area contributed by atoms with E-state index in [0.717, 1.165) is 18.2 Å². The molecule has 3 rings (SSSR count). The van der Waals surface area contributed by atoms with Gasteiger partial charge >= 0.3 is 0 Å². The summed E-state index contributed by atoms with van der Waals surface area (Å²) in [6.07, 6.45) is 1.02. The van der Waals surface area contributed by atoms with Crippen molar-refractivity contribution in [3.63, 3.8) is 0 Å². The summed E-state index contributed by atoms with van der Waals surface area (Å²) in [5.74, 6) is 0.158. The van der Waals surface area contributed by atoms with Crippen molar-refractivity contribution in [3.8, 4) is 11.8 Å². The molecule has 0 aliphatic rings. The van der Waals surface area contributed by atoms with E-state index in [-0.39, 0.29) is 23.8 Å². The Morgan fingerprint density at radius 1 is 1.30 bits per heavy atom. The Labute approximate surface area is 183 Å². The van der Waals surface area contributed by atoms with Crippen LogP contribution in [-0.2, 0) is 4.79 Å². The Hall–Kier alpha value is -2.82. The van der Waals surface area contributed by atoms with Crippen LogP contribution in [0.25, 0.3) is 16.6 Å². The molecule has 1 amide bonds. The highest BCUT2D eigenvalue weighted by Crippen LogP contribution is 2.25. The number of amides is 1. The van der Waals surface area contributed by atoms with Gasteiger partial charge in [-0.2, -0.15) is 5.26 Å². The lowest BCUT2D eigenvalue weighted by Gasteiger charge is -2.15. The lowest BCUT2D eigenvalue weighted by Crippen LogP contribution is -2.26. The first-order valence-corrected chi connectivity index (χ1v) is 10.9. The van der Waals surface area contributed by atoms with Gasteiger partial charge in [-0.05, 0) is 48.2 Å². The summed E-state index contributed by atoms with van der Waals surface area (Å²) >= 11 is 7.24. The normalized spacial score (nSPS) is 11.8. The van der Waals surface area contributed by atoms with Crippen molar-refractivity contribution in [1.29, 1.82) is 5.26 Å². The van der Waals surface area contributed by atoms with Gasteiger partial charge in [-0.25, -0.2) is 4.98 Å². The van der Waals surface area contributed by atoms with E-state index in [4.69, 9.17) is 16.9 Å². The van der Waals surface area contributed by atoms with E-state index >= 15 is 0 Å². The van der Waals surface area contributed by atoms with Crippen molar-refractivity contribution in [2.75, 3.05) is 12.3 Å². The number of halogens is 1. The maximum absolute atomic E-state index is 13.3. The van der Waals surface area contributed by atoms with Crippen LogP contribution in [0.4, 0.5) is 0 Å². The van der Waals surface area contributed by atoms with Crippen LogP contribution in [0.2, 0.25) is 5.02 Å².